The first-order chi connectivity index (χ1) is 17.1. The van der Waals surface area contributed by atoms with E-state index in [0.29, 0.717) is 30.2 Å². The number of para-hydroxylation sites is 2. The Labute approximate surface area is 205 Å². The molecule has 182 valence electrons. The van der Waals surface area contributed by atoms with E-state index < -0.39 is 0 Å². The number of carbonyl (C=O) groups excluding carboxylic acids is 1. The van der Waals surface area contributed by atoms with Crippen LogP contribution in [0.4, 0.5) is 0 Å². The number of ether oxygens (including phenoxy) is 3. The Morgan fingerprint density at radius 1 is 0.971 bits per heavy atom. The van der Waals surface area contributed by atoms with Gasteiger partial charge in [0, 0.05) is 18.7 Å². The van der Waals surface area contributed by atoms with Gasteiger partial charge in [-0.05, 0) is 54.4 Å². The van der Waals surface area contributed by atoms with Crippen LogP contribution in [0.15, 0.2) is 66.7 Å². The monoisotopic (exact) mass is 473 g/mol. The molecule has 4 aromatic rings. The molecule has 0 unspecified atom stereocenters. The highest BCUT2D eigenvalue weighted by atomic mass is 16.5. The molecule has 0 aliphatic heterocycles. The van der Waals surface area contributed by atoms with Gasteiger partial charge in [0.15, 0.2) is 11.5 Å². The third-order valence-corrected chi connectivity index (χ3v) is 5.81. The molecular formula is C28H31N3O4. The predicted octanol–water partition coefficient (Wildman–Crippen LogP) is 5.21. The zero-order chi connectivity index (χ0) is 24.6. The maximum atomic E-state index is 12.6. The summed E-state index contributed by atoms with van der Waals surface area (Å²) in [7, 11) is 3.28. The summed E-state index contributed by atoms with van der Waals surface area (Å²) in [5, 5.41) is 2.97. The topological polar surface area (TPSA) is 74.6 Å². The van der Waals surface area contributed by atoms with E-state index in [1.165, 1.54) is 0 Å². The largest absolute Gasteiger partial charge is 0.497 e. The van der Waals surface area contributed by atoms with E-state index in [-0.39, 0.29) is 12.5 Å². The van der Waals surface area contributed by atoms with E-state index in [0.717, 1.165) is 41.0 Å². The van der Waals surface area contributed by atoms with Crippen molar-refractivity contribution in [3.8, 4) is 17.2 Å². The van der Waals surface area contributed by atoms with Crippen LogP contribution in [0.25, 0.3) is 11.0 Å². The van der Waals surface area contributed by atoms with Crippen LogP contribution < -0.4 is 19.5 Å². The maximum absolute atomic E-state index is 12.6. The van der Waals surface area contributed by atoms with Crippen LogP contribution in [-0.2, 0) is 13.2 Å². The highest BCUT2D eigenvalue weighted by Crippen LogP contribution is 2.28. The van der Waals surface area contributed by atoms with E-state index in [4.69, 9.17) is 19.2 Å². The van der Waals surface area contributed by atoms with Crippen LogP contribution in [0.3, 0.4) is 0 Å². The van der Waals surface area contributed by atoms with Crippen molar-refractivity contribution in [3.63, 3.8) is 0 Å². The number of hydrogen-bond donors (Lipinski definition) is 1. The number of nitrogens with one attached hydrogen (secondary N) is 1. The molecule has 0 atom stereocenters. The lowest BCUT2D eigenvalue weighted by molar-refractivity contribution is 0.0953. The molecule has 3 aromatic carbocycles. The predicted molar refractivity (Wildman–Crippen MR) is 136 cm³/mol. The number of unbranched alkanes of at least 4 members (excludes halogenated alkanes) is 1. The van der Waals surface area contributed by atoms with Crippen molar-refractivity contribution in [2.75, 3.05) is 20.8 Å². The summed E-state index contributed by atoms with van der Waals surface area (Å²) in [5.74, 6) is 2.76. The second-order valence-corrected chi connectivity index (χ2v) is 8.22. The van der Waals surface area contributed by atoms with Crippen molar-refractivity contribution in [1.29, 1.82) is 0 Å². The Balaban J connectivity index is 1.67. The molecule has 1 amide bonds. The number of amides is 1. The van der Waals surface area contributed by atoms with Gasteiger partial charge in [-0.1, -0.05) is 37.6 Å². The van der Waals surface area contributed by atoms with E-state index in [1.807, 2.05) is 60.7 Å². The van der Waals surface area contributed by atoms with Crippen LogP contribution in [-0.4, -0.2) is 36.2 Å². The molecule has 0 spiro atoms. The van der Waals surface area contributed by atoms with Gasteiger partial charge in [0.25, 0.3) is 5.91 Å². The van der Waals surface area contributed by atoms with Gasteiger partial charge in [-0.15, -0.1) is 0 Å². The fourth-order valence-electron chi connectivity index (χ4n) is 3.92. The average molecular weight is 474 g/mol. The third-order valence-electron chi connectivity index (χ3n) is 5.81. The normalized spacial score (nSPS) is 10.8. The quantitative estimate of drug-likeness (QED) is 0.303. The summed E-state index contributed by atoms with van der Waals surface area (Å²) in [5.41, 5.74) is 3.34. The lowest BCUT2D eigenvalue weighted by Gasteiger charge is -2.13. The van der Waals surface area contributed by atoms with Crippen molar-refractivity contribution in [2.24, 2.45) is 0 Å². The Hall–Kier alpha value is -4.00. The number of fused-ring (bicyclic) bond motifs is 1. The summed E-state index contributed by atoms with van der Waals surface area (Å²) < 4.78 is 19.0. The summed E-state index contributed by atoms with van der Waals surface area (Å²) in [6.07, 6.45) is 1.98. The molecule has 0 bridgehead atoms. The summed E-state index contributed by atoms with van der Waals surface area (Å²) in [6.45, 7) is 3.59. The maximum Gasteiger partial charge on any atom is 0.251 e. The van der Waals surface area contributed by atoms with Crippen LogP contribution in [0.1, 0.15) is 41.5 Å². The minimum Gasteiger partial charge on any atom is -0.497 e. The standard InChI is InChI=1S/C28H31N3O4/c1-4-5-15-29-28(32)21-13-14-24-23(17-21)30-27(19-35-26-12-7-6-11-25(26)34-3)31(24)18-20-9-8-10-22(16-20)33-2/h6-14,16-17H,4-5,15,18-19H2,1-3H3,(H,29,32). The van der Waals surface area contributed by atoms with E-state index in [1.54, 1.807) is 14.2 Å². The minimum absolute atomic E-state index is 0.0884. The smallest absolute Gasteiger partial charge is 0.251 e. The van der Waals surface area contributed by atoms with Crippen LogP contribution >= 0.6 is 0 Å². The van der Waals surface area contributed by atoms with E-state index in [9.17, 15) is 4.79 Å². The number of aromatic nitrogens is 2. The molecule has 0 saturated carbocycles. The number of nitrogens with zero attached hydrogens (tertiary/aromatic N) is 2. The Bertz CT molecular complexity index is 1300. The van der Waals surface area contributed by atoms with Crippen molar-refractivity contribution in [1.82, 2.24) is 14.9 Å². The number of hydrogen-bond acceptors (Lipinski definition) is 5. The van der Waals surface area contributed by atoms with Crippen molar-refractivity contribution in [2.45, 2.75) is 32.9 Å². The molecule has 0 aliphatic rings. The molecule has 0 aliphatic carbocycles. The van der Waals surface area contributed by atoms with Gasteiger partial charge < -0.3 is 24.1 Å². The van der Waals surface area contributed by atoms with Gasteiger partial charge in [-0.25, -0.2) is 4.98 Å². The Morgan fingerprint density at radius 2 is 1.80 bits per heavy atom. The summed E-state index contributed by atoms with van der Waals surface area (Å²) in [6, 6.07) is 21.1. The van der Waals surface area contributed by atoms with Gasteiger partial charge in [0.05, 0.1) is 25.3 Å². The van der Waals surface area contributed by atoms with Crippen LogP contribution in [0.5, 0.6) is 17.2 Å². The zero-order valence-electron chi connectivity index (χ0n) is 20.4. The molecule has 7 nitrogen and oxygen atoms in total. The highest BCUT2D eigenvalue weighted by molar-refractivity contribution is 5.97. The van der Waals surface area contributed by atoms with Crippen molar-refractivity contribution < 1.29 is 19.0 Å². The highest BCUT2D eigenvalue weighted by Gasteiger charge is 2.16. The van der Waals surface area contributed by atoms with Gasteiger partial charge >= 0.3 is 0 Å². The molecule has 35 heavy (non-hydrogen) atoms. The number of carbonyl (C=O) groups is 1. The lowest BCUT2D eigenvalue weighted by Crippen LogP contribution is -2.24. The van der Waals surface area contributed by atoms with Gasteiger partial charge in [0.2, 0.25) is 0 Å². The molecule has 1 N–H and O–H groups in total. The first-order valence-electron chi connectivity index (χ1n) is 11.8. The summed E-state index contributed by atoms with van der Waals surface area (Å²) >= 11 is 0. The zero-order valence-corrected chi connectivity index (χ0v) is 20.4. The molecule has 4 rings (SSSR count). The first-order valence-corrected chi connectivity index (χ1v) is 11.8. The first kappa shape index (κ1) is 24.1. The fourth-order valence-corrected chi connectivity index (χ4v) is 3.92. The summed E-state index contributed by atoms with van der Waals surface area (Å²) in [4.78, 5) is 17.4. The second kappa shape index (κ2) is 11.4. The third kappa shape index (κ3) is 5.74. The molecule has 0 fully saturated rings. The van der Waals surface area contributed by atoms with E-state index in [2.05, 4.69) is 22.9 Å². The Kier molecular flexibility index (Phi) is 7.88. The van der Waals surface area contributed by atoms with Crippen molar-refractivity contribution >= 4 is 16.9 Å². The van der Waals surface area contributed by atoms with E-state index >= 15 is 0 Å². The second-order valence-electron chi connectivity index (χ2n) is 8.22. The molecule has 1 aromatic heterocycles. The molecule has 1 heterocycles. The molecule has 7 heteroatoms. The number of rotatable bonds is 11. The van der Waals surface area contributed by atoms with Crippen LogP contribution in [0.2, 0.25) is 0 Å². The van der Waals surface area contributed by atoms with Crippen molar-refractivity contribution in [3.05, 3.63) is 83.7 Å². The van der Waals surface area contributed by atoms with Gasteiger partial charge in [0.1, 0.15) is 18.2 Å². The minimum atomic E-state index is -0.0884. The Morgan fingerprint density at radius 3 is 2.57 bits per heavy atom. The molecular weight excluding hydrogens is 442 g/mol. The fraction of sp³-hybridized carbons (Fsp3) is 0.286. The molecule has 0 saturated heterocycles. The van der Waals surface area contributed by atoms with Gasteiger partial charge in [-0.2, -0.15) is 0 Å². The average Bonchev–Trinajstić information content (AvgIpc) is 3.24. The number of benzene rings is 3. The lowest BCUT2D eigenvalue weighted by atomic mass is 10.1. The number of methoxy groups -OCH3 is 2. The van der Waals surface area contributed by atoms with Crippen LogP contribution in [0, 0.1) is 0 Å². The van der Waals surface area contributed by atoms with Gasteiger partial charge in [-0.3, -0.25) is 4.79 Å². The molecule has 0 radical (unpaired) electrons. The SMILES string of the molecule is CCCCNC(=O)c1ccc2c(c1)nc(COc1ccccc1OC)n2Cc1cccc(OC)c1. The number of imidazole rings is 1.